The molecule has 0 aliphatic heterocycles. The standard InChI is InChI=1S/C22H24ClN3OS/c1-5-13-9-10-16(23)15(6-2)18(13)25-21(27)19-11(3)17-12(4)24-20(14-7-8-14)26-22(17)28-19/h9-10,14H,5-8H2,1-4H3,(H,25,27). The Morgan fingerprint density at radius 2 is 1.96 bits per heavy atom. The summed E-state index contributed by atoms with van der Waals surface area (Å²) in [6.07, 6.45) is 3.93. The first kappa shape index (κ1) is 19.3. The monoisotopic (exact) mass is 413 g/mol. The van der Waals surface area contributed by atoms with Gasteiger partial charge >= 0.3 is 0 Å². The summed E-state index contributed by atoms with van der Waals surface area (Å²) in [6, 6.07) is 3.91. The van der Waals surface area contributed by atoms with Crippen molar-refractivity contribution in [3.05, 3.63) is 50.2 Å². The average Bonchev–Trinajstić information content (AvgIpc) is 3.46. The molecule has 2 heterocycles. The highest BCUT2D eigenvalue weighted by Crippen LogP contribution is 2.40. The van der Waals surface area contributed by atoms with Crippen LogP contribution in [0.3, 0.4) is 0 Å². The van der Waals surface area contributed by atoms with Gasteiger partial charge in [-0.1, -0.05) is 31.5 Å². The van der Waals surface area contributed by atoms with E-state index in [4.69, 9.17) is 21.6 Å². The normalized spacial score (nSPS) is 13.9. The van der Waals surface area contributed by atoms with Crippen molar-refractivity contribution in [2.24, 2.45) is 0 Å². The molecule has 4 nitrogen and oxygen atoms in total. The van der Waals surface area contributed by atoms with Gasteiger partial charge in [0.05, 0.1) is 10.6 Å². The Labute approximate surface area is 174 Å². The first-order chi connectivity index (χ1) is 13.4. The van der Waals surface area contributed by atoms with Crippen LogP contribution in [-0.2, 0) is 12.8 Å². The van der Waals surface area contributed by atoms with Gasteiger partial charge in [-0.3, -0.25) is 4.79 Å². The van der Waals surface area contributed by atoms with Crippen LogP contribution < -0.4 is 5.32 Å². The first-order valence-corrected chi connectivity index (χ1v) is 11.0. The fourth-order valence-corrected chi connectivity index (χ4v) is 5.16. The minimum absolute atomic E-state index is 0.0976. The van der Waals surface area contributed by atoms with E-state index in [1.54, 1.807) is 0 Å². The van der Waals surface area contributed by atoms with Crippen molar-refractivity contribution in [2.45, 2.75) is 59.3 Å². The van der Waals surface area contributed by atoms with Crippen molar-refractivity contribution < 1.29 is 4.79 Å². The van der Waals surface area contributed by atoms with Crippen LogP contribution in [0.15, 0.2) is 12.1 Å². The van der Waals surface area contributed by atoms with E-state index in [0.29, 0.717) is 15.8 Å². The van der Waals surface area contributed by atoms with E-state index in [1.807, 2.05) is 26.0 Å². The first-order valence-electron chi connectivity index (χ1n) is 9.83. The van der Waals surface area contributed by atoms with E-state index in [1.165, 1.54) is 11.3 Å². The molecule has 28 heavy (non-hydrogen) atoms. The van der Waals surface area contributed by atoms with Gasteiger partial charge in [-0.25, -0.2) is 9.97 Å². The number of amides is 1. The van der Waals surface area contributed by atoms with Crippen LogP contribution in [0.4, 0.5) is 5.69 Å². The molecule has 1 amide bonds. The number of hydrogen-bond acceptors (Lipinski definition) is 4. The fourth-order valence-electron chi connectivity index (χ4n) is 3.74. The van der Waals surface area contributed by atoms with Gasteiger partial charge in [0.25, 0.3) is 5.91 Å². The predicted molar refractivity (Wildman–Crippen MR) is 117 cm³/mol. The molecule has 3 aromatic rings. The Kier molecular flexibility index (Phi) is 5.15. The third-order valence-electron chi connectivity index (χ3n) is 5.45. The van der Waals surface area contributed by atoms with E-state index in [0.717, 1.165) is 69.8 Å². The van der Waals surface area contributed by atoms with Crippen molar-refractivity contribution in [2.75, 3.05) is 5.32 Å². The summed E-state index contributed by atoms with van der Waals surface area (Å²) < 4.78 is 0. The molecule has 1 aliphatic rings. The Balaban J connectivity index is 1.75. The molecule has 1 aliphatic carbocycles. The molecule has 0 bridgehead atoms. The van der Waals surface area contributed by atoms with Gasteiger partial charge in [0.15, 0.2) is 0 Å². The maximum absolute atomic E-state index is 13.2. The molecule has 0 saturated heterocycles. The lowest BCUT2D eigenvalue weighted by Gasteiger charge is -2.15. The highest BCUT2D eigenvalue weighted by molar-refractivity contribution is 7.20. The van der Waals surface area contributed by atoms with Crippen LogP contribution in [0.25, 0.3) is 10.2 Å². The van der Waals surface area contributed by atoms with Crippen LogP contribution in [0, 0.1) is 13.8 Å². The van der Waals surface area contributed by atoms with E-state index in [-0.39, 0.29) is 5.91 Å². The molecule has 0 spiro atoms. The number of halogens is 1. The number of nitrogens with one attached hydrogen (secondary N) is 1. The van der Waals surface area contributed by atoms with Gasteiger partial charge < -0.3 is 5.32 Å². The molecule has 1 N–H and O–H groups in total. The van der Waals surface area contributed by atoms with Crippen molar-refractivity contribution >= 4 is 44.7 Å². The molecule has 0 atom stereocenters. The number of hydrogen-bond donors (Lipinski definition) is 1. The van der Waals surface area contributed by atoms with Crippen LogP contribution in [0.5, 0.6) is 0 Å². The Morgan fingerprint density at radius 3 is 2.61 bits per heavy atom. The molecule has 0 unspecified atom stereocenters. The molecular formula is C22H24ClN3OS. The van der Waals surface area contributed by atoms with Gasteiger partial charge in [-0.15, -0.1) is 11.3 Å². The molecule has 1 fully saturated rings. The van der Waals surface area contributed by atoms with Gasteiger partial charge in [-0.05, 0) is 62.3 Å². The number of carbonyl (C=O) groups excluding carboxylic acids is 1. The van der Waals surface area contributed by atoms with Crippen molar-refractivity contribution in [1.29, 1.82) is 0 Å². The zero-order chi connectivity index (χ0) is 20.0. The second-order valence-corrected chi connectivity index (χ2v) is 8.81. The minimum Gasteiger partial charge on any atom is -0.321 e. The summed E-state index contributed by atoms with van der Waals surface area (Å²) in [5, 5.41) is 4.85. The average molecular weight is 414 g/mol. The molecular weight excluding hydrogens is 390 g/mol. The quantitative estimate of drug-likeness (QED) is 0.540. The molecule has 6 heteroatoms. The third-order valence-corrected chi connectivity index (χ3v) is 6.99. The van der Waals surface area contributed by atoms with Gasteiger partial charge in [0, 0.05) is 22.0 Å². The number of rotatable bonds is 5. The number of nitrogens with zero attached hydrogens (tertiary/aromatic N) is 2. The molecule has 1 saturated carbocycles. The second kappa shape index (κ2) is 7.45. The number of aryl methyl sites for hydroxylation is 3. The maximum atomic E-state index is 13.2. The van der Waals surface area contributed by atoms with Crippen molar-refractivity contribution in [3.8, 4) is 0 Å². The molecule has 0 radical (unpaired) electrons. The summed E-state index contributed by atoms with van der Waals surface area (Å²) in [5.74, 6) is 1.32. The summed E-state index contributed by atoms with van der Waals surface area (Å²) in [4.78, 5) is 24.3. The third kappa shape index (κ3) is 3.31. The molecule has 2 aromatic heterocycles. The van der Waals surface area contributed by atoms with E-state index in [2.05, 4.69) is 19.2 Å². The van der Waals surface area contributed by atoms with Crippen LogP contribution in [-0.4, -0.2) is 15.9 Å². The maximum Gasteiger partial charge on any atom is 0.266 e. The van der Waals surface area contributed by atoms with E-state index < -0.39 is 0 Å². The smallest absolute Gasteiger partial charge is 0.266 e. The number of aromatic nitrogens is 2. The lowest BCUT2D eigenvalue weighted by molar-refractivity contribution is 0.103. The van der Waals surface area contributed by atoms with Crippen LogP contribution in [0.1, 0.15) is 70.5 Å². The van der Waals surface area contributed by atoms with Crippen LogP contribution in [0.2, 0.25) is 5.02 Å². The number of carbonyl (C=O) groups is 1. The summed E-state index contributed by atoms with van der Waals surface area (Å²) >= 11 is 7.85. The highest BCUT2D eigenvalue weighted by atomic mass is 35.5. The summed E-state index contributed by atoms with van der Waals surface area (Å²) in [7, 11) is 0. The number of anilines is 1. The predicted octanol–water partition coefficient (Wildman–Crippen LogP) is 6.22. The van der Waals surface area contributed by atoms with Crippen molar-refractivity contribution in [1.82, 2.24) is 9.97 Å². The Morgan fingerprint density at radius 1 is 1.21 bits per heavy atom. The zero-order valence-corrected chi connectivity index (χ0v) is 18.2. The zero-order valence-electron chi connectivity index (χ0n) is 16.6. The molecule has 4 rings (SSSR count). The largest absolute Gasteiger partial charge is 0.321 e. The van der Waals surface area contributed by atoms with Crippen molar-refractivity contribution in [3.63, 3.8) is 0 Å². The van der Waals surface area contributed by atoms with E-state index in [9.17, 15) is 4.79 Å². The second-order valence-electron chi connectivity index (χ2n) is 7.40. The fraction of sp³-hybridized carbons (Fsp3) is 0.409. The van der Waals surface area contributed by atoms with Gasteiger partial charge in [0.2, 0.25) is 0 Å². The number of fused-ring (bicyclic) bond motifs is 1. The Bertz CT molecular complexity index is 1090. The SMILES string of the molecule is CCc1ccc(Cl)c(CC)c1NC(=O)c1sc2nc(C3CC3)nc(C)c2c1C. The van der Waals surface area contributed by atoms with Gasteiger partial charge in [-0.2, -0.15) is 0 Å². The Hall–Kier alpha value is -1.98. The minimum atomic E-state index is -0.0976. The topological polar surface area (TPSA) is 54.9 Å². The number of thiophene rings is 1. The van der Waals surface area contributed by atoms with E-state index >= 15 is 0 Å². The lowest BCUT2D eigenvalue weighted by atomic mass is 10.0. The lowest BCUT2D eigenvalue weighted by Crippen LogP contribution is -2.14. The highest BCUT2D eigenvalue weighted by Gasteiger charge is 2.28. The molecule has 146 valence electrons. The summed E-state index contributed by atoms with van der Waals surface area (Å²) in [6.45, 7) is 8.14. The number of benzene rings is 1. The summed E-state index contributed by atoms with van der Waals surface area (Å²) in [5.41, 5.74) is 4.85. The molecule has 1 aromatic carbocycles. The van der Waals surface area contributed by atoms with Gasteiger partial charge in [0.1, 0.15) is 10.7 Å². The van der Waals surface area contributed by atoms with Crippen LogP contribution >= 0.6 is 22.9 Å².